The van der Waals surface area contributed by atoms with Crippen LogP contribution < -0.4 is 9.04 Å². The number of anilines is 1. The molecule has 0 fully saturated rings. The molecule has 1 aliphatic heterocycles. The Balaban J connectivity index is 1.48. The van der Waals surface area contributed by atoms with Gasteiger partial charge in [-0.3, -0.25) is 14.1 Å². The SMILES string of the molecule is CCC(=O)c1c(-c2ccc(C(F)F)nc2)oc2cc(N(C)S(C)(=O)=O)c(-c3ccc4c(n3)-c3cc5c(F)cccc5n3C(CO)O4)cc12. The number of pyridine rings is 2. The van der Waals surface area contributed by atoms with Crippen LogP contribution >= 0.6 is 0 Å². The number of aromatic nitrogens is 3. The minimum atomic E-state index is -3.83. The van der Waals surface area contributed by atoms with E-state index in [9.17, 15) is 31.5 Å². The number of aliphatic hydroxyl groups excluding tert-OH is 1. The highest BCUT2D eigenvalue weighted by atomic mass is 32.2. The number of ketones is 1. The van der Waals surface area contributed by atoms with Crippen molar-refractivity contribution in [2.24, 2.45) is 0 Å². The Morgan fingerprint density at radius 2 is 1.90 bits per heavy atom. The van der Waals surface area contributed by atoms with Crippen molar-refractivity contribution in [2.45, 2.75) is 26.0 Å². The maximum Gasteiger partial charge on any atom is 0.280 e. The van der Waals surface area contributed by atoms with Crippen LogP contribution in [0, 0.1) is 5.82 Å². The molecule has 7 rings (SSSR count). The molecule has 246 valence electrons. The van der Waals surface area contributed by atoms with E-state index < -0.39 is 40.8 Å². The van der Waals surface area contributed by atoms with Crippen LogP contribution in [0.2, 0.25) is 0 Å². The van der Waals surface area contributed by atoms with Crippen molar-refractivity contribution in [1.82, 2.24) is 14.5 Å². The number of rotatable bonds is 8. The van der Waals surface area contributed by atoms with Gasteiger partial charge in [0, 0.05) is 47.6 Å². The Morgan fingerprint density at radius 3 is 2.56 bits per heavy atom. The smallest absolute Gasteiger partial charge is 0.280 e. The average Bonchev–Trinajstić information content (AvgIpc) is 3.66. The fourth-order valence-electron chi connectivity index (χ4n) is 6.00. The number of nitrogens with zero attached hydrogens (tertiary/aromatic N) is 4. The van der Waals surface area contributed by atoms with E-state index in [0.717, 1.165) is 16.6 Å². The van der Waals surface area contributed by atoms with Crippen molar-refractivity contribution in [2.75, 3.05) is 24.2 Å². The zero-order valence-corrected chi connectivity index (χ0v) is 26.6. The van der Waals surface area contributed by atoms with E-state index in [-0.39, 0.29) is 40.4 Å². The summed E-state index contributed by atoms with van der Waals surface area (Å²) >= 11 is 0. The molecule has 2 aromatic carbocycles. The van der Waals surface area contributed by atoms with Crippen LogP contribution in [0.1, 0.15) is 42.0 Å². The van der Waals surface area contributed by atoms with Crippen LogP contribution in [-0.4, -0.2) is 53.8 Å². The van der Waals surface area contributed by atoms with Gasteiger partial charge in [0.1, 0.15) is 34.3 Å². The van der Waals surface area contributed by atoms with Gasteiger partial charge in [-0.1, -0.05) is 13.0 Å². The molecule has 48 heavy (non-hydrogen) atoms. The lowest BCUT2D eigenvalue weighted by Gasteiger charge is -2.28. The summed E-state index contributed by atoms with van der Waals surface area (Å²) in [7, 11) is -2.46. The van der Waals surface area contributed by atoms with Gasteiger partial charge in [0.2, 0.25) is 10.0 Å². The summed E-state index contributed by atoms with van der Waals surface area (Å²) in [5.41, 5.74) is 2.29. The minimum Gasteiger partial charge on any atom is -0.465 e. The number of carbonyl (C=O) groups is 1. The molecule has 0 saturated heterocycles. The molecule has 0 aliphatic carbocycles. The highest BCUT2D eigenvalue weighted by Crippen LogP contribution is 2.45. The molecular formula is C34H27F3N4O6S. The van der Waals surface area contributed by atoms with E-state index in [1.165, 1.54) is 31.4 Å². The second kappa shape index (κ2) is 11.5. The molecule has 4 aromatic heterocycles. The topological polar surface area (TPSA) is 128 Å². The van der Waals surface area contributed by atoms with E-state index in [2.05, 4.69) is 4.98 Å². The van der Waals surface area contributed by atoms with Crippen LogP contribution in [0.5, 0.6) is 5.75 Å². The Hall–Kier alpha value is -5.21. The number of halogens is 3. The normalized spacial score (nSPS) is 14.3. The van der Waals surface area contributed by atoms with Crippen LogP contribution in [0.3, 0.4) is 0 Å². The third-order valence-corrected chi connectivity index (χ3v) is 9.62. The van der Waals surface area contributed by atoms with Crippen molar-refractivity contribution < 1.29 is 40.6 Å². The molecule has 1 N–H and O–H groups in total. The van der Waals surface area contributed by atoms with Crippen LogP contribution in [0.15, 0.2) is 71.3 Å². The lowest BCUT2D eigenvalue weighted by atomic mass is 9.98. The highest BCUT2D eigenvalue weighted by molar-refractivity contribution is 7.92. The third-order valence-electron chi connectivity index (χ3n) is 8.43. The fraction of sp³-hybridized carbons (Fsp3) is 0.206. The number of sulfonamides is 1. The molecule has 14 heteroatoms. The standard InChI is InChI=1S/C34H27F3N4O6S/c1-4-27(43)31-20-12-19(25(40(2)48(3,44)45)14-29(20)47-33(31)17-8-9-23(34(36)37)38-15-17)22-10-11-28-32(39-22)26-13-18-21(35)6-5-7-24(18)41(26)30(16-42)46-28/h5-15,30,34,42H,4,16H2,1-3H3. The van der Waals surface area contributed by atoms with Crippen LogP contribution in [0.25, 0.3) is 55.8 Å². The summed E-state index contributed by atoms with van der Waals surface area (Å²) in [4.78, 5) is 22.1. The van der Waals surface area contributed by atoms with Crippen molar-refractivity contribution in [3.8, 4) is 39.7 Å². The van der Waals surface area contributed by atoms with Crippen molar-refractivity contribution >= 4 is 43.4 Å². The summed E-state index contributed by atoms with van der Waals surface area (Å²) in [6, 6.07) is 15.1. The first kappa shape index (κ1) is 31.4. The summed E-state index contributed by atoms with van der Waals surface area (Å²) < 4.78 is 81.9. The molecule has 0 spiro atoms. The first-order chi connectivity index (χ1) is 22.9. The number of benzene rings is 2. The molecule has 5 heterocycles. The number of alkyl halides is 2. The molecule has 0 saturated carbocycles. The quantitative estimate of drug-likeness (QED) is 0.169. The van der Waals surface area contributed by atoms with E-state index in [0.29, 0.717) is 44.7 Å². The van der Waals surface area contributed by atoms with Crippen molar-refractivity contribution in [3.63, 3.8) is 0 Å². The van der Waals surface area contributed by atoms with Crippen molar-refractivity contribution in [1.29, 1.82) is 0 Å². The molecule has 0 radical (unpaired) electrons. The lowest BCUT2D eigenvalue weighted by molar-refractivity contribution is 0.0609. The fourth-order valence-corrected chi connectivity index (χ4v) is 6.51. The van der Waals surface area contributed by atoms with Crippen LogP contribution in [-0.2, 0) is 10.0 Å². The monoisotopic (exact) mass is 676 g/mol. The molecule has 1 unspecified atom stereocenters. The van der Waals surface area contributed by atoms with E-state index in [1.807, 2.05) is 0 Å². The highest BCUT2D eigenvalue weighted by Gasteiger charge is 2.31. The Bertz CT molecular complexity index is 2370. The molecule has 1 atom stereocenters. The summed E-state index contributed by atoms with van der Waals surface area (Å²) in [6.07, 6.45) is -1.31. The Kier molecular flexibility index (Phi) is 7.51. The summed E-state index contributed by atoms with van der Waals surface area (Å²) in [5.74, 6) is -0.344. The van der Waals surface area contributed by atoms with Gasteiger partial charge in [-0.25, -0.2) is 26.6 Å². The first-order valence-corrected chi connectivity index (χ1v) is 16.7. The van der Waals surface area contributed by atoms with Crippen molar-refractivity contribution in [3.05, 3.63) is 83.9 Å². The van der Waals surface area contributed by atoms with E-state index in [4.69, 9.17) is 14.1 Å². The summed E-state index contributed by atoms with van der Waals surface area (Å²) in [6.45, 7) is 1.27. The number of furan rings is 1. The second-order valence-electron chi connectivity index (χ2n) is 11.3. The maximum absolute atomic E-state index is 14.9. The Morgan fingerprint density at radius 1 is 1.10 bits per heavy atom. The molecule has 6 aromatic rings. The number of ether oxygens (including phenoxy) is 1. The summed E-state index contributed by atoms with van der Waals surface area (Å²) in [5, 5.41) is 10.8. The van der Waals surface area contributed by atoms with Crippen LogP contribution in [0.4, 0.5) is 18.9 Å². The van der Waals surface area contributed by atoms with Gasteiger partial charge in [-0.05, 0) is 48.5 Å². The largest absolute Gasteiger partial charge is 0.465 e. The number of hydrogen-bond acceptors (Lipinski definition) is 8. The first-order valence-electron chi connectivity index (χ1n) is 14.8. The molecule has 0 amide bonds. The Labute approximate surface area is 272 Å². The van der Waals surface area contributed by atoms with Gasteiger partial charge in [0.25, 0.3) is 6.43 Å². The number of carbonyl (C=O) groups excluding carboxylic acids is 1. The maximum atomic E-state index is 14.9. The molecule has 10 nitrogen and oxygen atoms in total. The number of Topliss-reactive ketones (excluding diaryl/α,β-unsaturated/α-hetero) is 1. The van der Waals surface area contributed by atoms with Gasteiger partial charge < -0.3 is 18.8 Å². The molecule has 0 bridgehead atoms. The minimum absolute atomic E-state index is 0.0894. The molecular weight excluding hydrogens is 649 g/mol. The second-order valence-corrected chi connectivity index (χ2v) is 13.3. The molecule has 1 aliphatic rings. The predicted octanol–water partition coefficient (Wildman–Crippen LogP) is 7.13. The van der Waals surface area contributed by atoms with Gasteiger partial charge in [-0.15, -0.1) is 0 Å². The van der Waals surface area contributed by atoms with Gasteiger partial charge >= 0.3 is 0 Å². The zero-order valence-electron chi connectivity index (χ0n) is 25.7. The third kappa shape index (κ3) is 4.99. The predicted molar refractivity (Wildman–Crippen MR) is 173 cm³/mol. The average molecular weight is 677 g/mol. The number of hydrogen-bond donors (Lipinski definition) is 1. The van der Waals surface area contributed by atoms with Gasteiger partial charge in [0.05, 0.1) is 41.0 Å². The number of aliphatic hydroxyl groups is 1. The van der Waals surface area contributed by atoms with Gasteiger partial charge in [-0.2, -0.15) is 0 Å². The number of fused-ring (bicyclic) bond motifs is 6. The van der Waals surface area contributed by atoms with E-state index >= 15 is 0 Å². The van der Waals surface area contributed by atoms with Gasteiger partial charge in [0.15, 0.2) is 12.0 Å². The lowest BCUT2D eigenvalue weighted by Crippen LogP contribution is -2.26. The zero-order chi connectivity index (χ0) is 34.1. The van der Waals surface area contributed by atoms with E-state index in [1.54, 1.807) is 47.9 Å².